The fourth-order valence-electron chi connectivity index (χ4n) is 5.73. The fraction of sp³-hybridized carbons (Fsp3) is 0.684. The highest BCUT2D eigenvalue weighted by Gasteiger charge is 2.50. The van der Waals surface area contributed by atoms with E-state index < -0.39 is 0 Å². The second-order valence-electron chi connectivity index (χ2n) is 7.62. The first kappa shape index (κ1) is 12.9. The molecule has 1 N–H and O–H groups in total. The van der Waals surface area contributed by atoms with Crippen LogP contribution in [0.1, 0.15) is 52.4 Å². The topological polar surface area (TPSA) is 20.2 Å². The molecule has 1 heteroatoms. The SMILES string of the molecule is CC1=C2CCC3C(CCC4=C[C@@H](O)C=C[C@@]43C)C2CC1. The van der Waals surface area contributed by atoms with Crippen molar-refractivity contribution in [2.75, 3.05) is 0 Å². The molecule has 5 atom stereocenters. The molecule has 4 rings (SSSR count). The molecule has 0 bridgehead atoms. The molecular weight excluding hydrogens is 244 g/mol. The van der Waals surface area contributed by atoms with E-state index in [2.05, 4.69) is 26.0 Å². The van der Waals surface area contributed by atoms with E-state index in [4.69, 9.17) is 0 Å². The molecule has 0 aromatic rings. The van der Waals surface area contributed by atoms with Crippen LogP contribution in [0.4, 0.5) is 0 Å². The molecule has 0 amide bonds. The van der Waals surface area contributed by atoms with Gasteiger partial charge in [-0.25, -0.2) is 0 Å². The lowest BCUT2D eigenvalue weighted by Gasteiger charge is -2.53. The summed E-state index contributed by atoms with van der Waals surface area (Å²) in [5.74, 6) is 2.57. The molecule has 0 aromatic carbocycles. The molecule has 1 nitrogen and oxygen atoms in total. The van der Waals surface area contributed by atoms with Gasteiger partial charge in [-0.2, -0.15) is 0 Å². The van der Waals surface area contributed by atoms with E-state index in [0.29, 0.717) is 0 Å². The summed E-state index contributed by atoms with van der Waals surface area (Å²) in [6, 6.07) is 0. The molecule has 4 aliphatic rings. The van der Waals surface area contributed by atoms with Crippen LogP contribution >= 0.6 is 0 Å². The van der Waals surface area contributed by atoms with Gasteiger partial charge in [-0.05, 0) is 63.2 Å². The first-order valence-electron chi connectivity index (χ1n) is 8.36. The molecule has 4 aliphatic carbocycles. The van der Waals surface area contributed by atoms with Gasteiger partial charge in [0.1, 0.15) is 0 Å². The minimum atomic E-state index is -0.345. The van der Waals surface area contributed by atoms with Crippen molar-refractivity contribution < 1.29 is 5.11 Å². The summed E-state index contributed by atoms with van der Waals surface area (Å²) in [6.07, 6.45) is 14.1. The third-order valence-electron chi connectivity index (χ3n) is 6.81. The predicted octanol–water partition coefficient (Wildman–Crippen LogP) is 4.40. The third-order valence-corrected chi connectivity index (χ3v) is 6.81. The maximum Gasteiger partial charge on any atom is 0.0905 e. The lowest BCUT2D eigenvalue weighted by atomic mass is 9.52. The van der Waals surface area contributed by atoms with Gasteiger partial charge in [0, 0.05) is 5.41 Å². The fourth-order valence-corrected chi connectivity index (χ4v) is 5.73. The standard InChI is InChI=1S/C19H26O/c1-12-3-5-16-15(12)7-8-18-17(16)6-4-13-11-14(20)9-10-19(13,18)2/h9-11,14,16-18,20H,3-8H2,1-2H3/t14-,16?,17?,18?,19-/m0/s1. The van der Waals surface area contributed by atoms with Gasteiger partial charge in [0.25, 0.3) is 0 Å². The van der Waals surface area contributed by atoms with Crippen molar-refractivity contribution in [2.24, 2.45) is 23.2 Å². The Morgan fingerprint density at radius 1 is 1.15 bits per heavy atom. The summed E-state index contributed by atoms with van der Waals surface area (Å²) in [7, 11) is 0. The molecule has 2 fully saturated rings. The molecule has 0 aliphatic heterocycles. The molecule has 0 spiro atoms. The Bertz CT molecular complexity index is 524. The Kier molecular flexibility index (Phi) is 2.79. The molecule has 2 saturated carbocycles. The van der Waals surface area contributed by atoms with Crippen LogP contribution in [0.15, 0.2) is 34.9 Å². The van der Waals surface area contributed by atoms with E-state index in [1.807, 2.05) is 11.6 Å². The minimum absolute atomic E-state index is 0.226. The average Bonchev–Trinajstić information content (AvgIpc) is 2.82. The van der Waals surface area contributed by atoms with Crippen LogP contribution < -0.4 is 0 Å². The van der Waals surface area contributed by atoms with E-state index in [0.717, 1.165) is 17.8 Å². The highest BCUT2D eigenvalue weighted by Crippen LogP contribution is 2.60. The molecule has 0 radical (unpaired) electrons. The van der Waals surface area contributed by atoms with E-state index in [9.17, 15) is 5.11 Å². The summed E-state index contributed by atoms with van der Waals surface area (Å²) in [5.41, 5.74) is 5.26. The van der Waals surface area contributed by atoms with Crippen molar-refractivity contribution in [3.05, 3.63) is 34.9 Å². The molecule has 0 heterocycles. The minimum Gasteiger partial charge on any atom is -0.385 e. The average molecular weight is 270 g/mol. The van der Waals surface area contributed by atoms with E-state index in [1.165, 1.54) is 44.1 Å². The number of hydrogen-bond acceptors (Lipinski definition) is 1. The predicted molar refractivity (Wildman–Crippen MR) is 82.2 cm³/mol. The zero-order valence-corrected chi connectivity index (χ0v) is 12.7. The van der Waals surface area contributed by atoms with Gasteiger partial charge in [-0.1, -0.05) is 41.9 Å². The maximum absolute atomic E-state index is 9.87. The van der Waals surface area contributed by atoms with Crippen molar-refractivity contribution in [1.29, 1.82) is 0 Å². The van der Waals surface area contributed by atoms with Crippen LogP contribution in [0.2, 0.25) is 0 Å². The van der Waals surface area contributed by atoms with Crippen LogP contribution in [-0.2, 0) is 0 Å². The van der Waals surface area contributed by atoms with Crippen molar-refractivity contribution in [3.8, 4) is 0 Å². The molecule has 108 valence electrons. The third kappa shape index (κ3) is 1.65. The molecule has 0 aromatic heterocycles. The Morgan fingerprint density at radius 2 is 2.00 bits per heavy atom. The Balaban J connectivity index is 1.70. The summed E-state index contributed by atoms with van der Waals surface area (Å²) in [4.78, 5) is 0. The second-order valence-corrected chi connectivity index (χ2v) is 7.62. The van der Waals surface area contributed by atoms with Gasteiger partial charge in [0.15, 0.2) is 0 Å². The summed E-state index contributed by atoms with van der Waals surface area (Å²) >= 11 is 0. The van der Waals surface area contributed by atoms with Gasteiger partial charge in [-0.3, -0.25) is 0 Å². The summed E-state index contributed by atoms with van der Waals surface area (Å²) < 4.78 is 0. The normalized spacial score (nSPS) is 46.6. The lowest BCUT2D eigenvalue weighted by molar-refractivity contribution is 0.0799. The Labute approximate surface area is 122 Å². The van der Waals surface area contributed by atoms with Gasteiger partial charge in [0.2, 0.25) is 0 Å². The quantitative estimate of drug-likeness (QED) is 0.647. The number of allylic oxidation sites excluding steroid dienone is 4. The zero-order chi connectivity index (χ0) is 13.9. The van der Waals surface area contributed by atoms with Crippen molar-refractivity contribution >= 4 is 0 Å². The summed E-state index contributed by atoms with van der Waals surface area (Å²) in [5, 5.41) is 9.87. The Hall–Kier alpha value is -0.820. The highest BCUT2D eigenvalue weighted by molar-refractivity contribution is 5.35. The zero-order valence-electron chi connectivity index (χ0n) is 12.7. The maximum atomic E-state index is 9.87. The van der Waals surface area contributed by atoms with Gasteiger partial charge >= 0.3 is 0 Å². The van der Waals surface area contributed by atoms with Crippen LogP contribution in [-0.4, -0.2) is 11.2 Å². The number of fused-ring (bicyclic) bond motifs is 5. The van der Waals surface area contributed by atoms with E-state index in [1.54, 1.807) is 5.57 Å². The monoisotopic (exact) mass is 270 g/mol. The molecule has 0 saturated heterocycles. The van der Waals surface area contributed by atoms with Gasteiger partial charge in [0.05, 0.1) is 6.10 Å². The first-order valence-corrected chi connectivity index (χ1v) is 8.36. The van der Waals surface area contributed by atoms with Crippen LogP contribution in [0.3, 0.4) is 0 Å². The van der Waals surface area contributed by atoms with E-state index >= 15 is 0 Å². The highest BCUT2D eigenvalue weighted by atomic mass is 16.3. The van der Waals surface area contributed by atoms with Crippen LogP contribution in [0.25, 0.3) is 0 Å². The van der Waals surface area contributed by atoms with Crippen molar-refractivity contribution in [3.63, 3.8) is 0 Å². The smallest absolute Gasteiger partial charge is 0.0905 e. The number of rotatable bonds is 0. The second kappa shape index (κ2) is 4.34. The summed E-state index contributed by atoms with van der Waals surface area (Å²) in [6.45, 7) is 4.79. The number of hydrogen-bond donors (Lipinski definition) is 1. The van der Waals surface area contributed by atoms with Crippen molar-refractivity contribution in [2.45, 2.75) is 58.5 Å². The number of aliphatic hydroxyl groups excluding tert-OH is 1. The number of aliphatic hydroxyl groups is 1. The van der Waals surface area contributed by atoms with Gasteiger partial charge < -0.3 is 5.11 Å². The first-order chi connectivity index (χ1) is 9.59. The van der Waals surface area contributed by atoms with Gasteiger partial charge in [-0.15, -0.1) is 0 Å². The lowest BCUT2D eigenvalue weighted by Crippen LogP contribution is -2.44. The molecule has 3 unspecified atom stereocenters. The van der Waals surface area contributed by atoms with Crippen molar-refractivity contribution in [1.82, 2.24) is 0 Å². The van der Waals surface area contributed by atoms with E-state index in [-0.39, 0.29) is 11.5 Å². The van der Waals surface area contributed by atoms with Crippen LogP contribution in [0.5, 0.6) is 0 Å². The largest absolute Gasteiger partial charge is 0.385 e. The molecular formula is C19H26O. The van der Waals surface area contributed by atoms with Crippen LogP contribution in [0, 0.1) is 23.2 Å². The molecule has 20 heavy (non-hydrogen) atoms. The Morgan fingerprint density at radius 3 is 2.85 bits per heavy atom.